The summed E-state index contributed by atoms with van der Waals surface area (Å²) >= 11 is 0. The van der Waals surface area contributed by atoms with Gasteiger partial charge in [0.25, 0.3) is 0 Å². The molecule has 20 heavy (non-hydrogen) atoms. The van der Waals surface area contributed by atoms with Crippen molar-refractivity contribution in [2.75, 3.05) is 31.1 Å². The lowest BCUT2D eigenvalue weighted by molar-refractivity contribution is 0.247. The molecular formula is C16H24FN3. The standard InChI is InChI=1S/C16H24FN3/c1-12(18)11-13-3-2-4-15(17)16(13)20-9-7-19(8-10-20)14-5-6-14/h2-4,12,14H,5-11,18H2,1H3. The molecule has 110 valence electrons. The Morgan fingerprint density at radius 3 is 2.55 bits per heavy atom. The lowest BCUT2D eigenvalue weighted by Crippen LogP contribution is -2.47. The highest BCUT2D eigenvalue weighted by atomic mass is 19.1. The summed E-state index contributed by atoms with van der Waals surface area (Å²) in [6, 6.07) is 6.23. The third-order valence-electron chi connectivity index (χ3n) is 4.31. The number of halogens is 1. The van der Waals surface area contributed by atoms with Crippen LogP contribution >= 0.6 is 0 Å². The number of nitrogens with zero attached hydrogens (tertiary/aromatic N) is 2. The van der Waals surface area contributed by atoms with E-state index < -0.39 is 0 Å². The average Bonchev–Trinajstić information content (AvgIpc) is 3.23. The fraction of sp³-hybridized carbons (Fsp3) is 0.625. The maximum absolute atomic E-state index is 14.3. The van der Waals surface area contributed by atoms with Crippen LogP contribution in [0.4, 0.5) is 10.1 Å². The Bertz CT molecular complexity index is 463. The number of benzene rings is 1. The number of hydrogen-bond donors (Lipinski definition) is 1. The van der Waals surface area contributed by atoms with Gasteiger partial charge in [-0.05, 0) is 37.8 Å². The van der Waals surface area contributed by atoms with Crippen LogP contribution in [-0.4, -0.2) is 43.2 Å². The van der Waals surface area contributed by atoms with Crippen LogP contribution in [0, 0.1) is 5.82 Å². The van der Waals surface area contributed by atoms with E-state index in [-0.39, 0.29) is 11.9 Å². The van der Waals surface area contributed by atoms with Gasteiger partial charge in [0.05, 0.1) is 5.69 Å². The Balaban J connectivity index is 1.75. The van der Waals surface area contributed by atoms with E-state index in [2.05, 4.69) is 9.80 Å². The third kappa shape index (κ3) is 2.96. The Morgan fingerprint density at radius 2 is 1.95 bits per heavy atom. The van der Waals surface area contributed by atoms with Crippen molar-refractivity contribution in [2.45, 2.75) is 38.3 Å². The molecule has 0 amide bonds. The first-order valence-electron chi connectivity index (χ1n) is 7.67. The van der Waals surface area contributed by atoms with Gasteiger partial charge in [-0.25, -0.2) is 4.39 Å². The maximum atomic E-state index is 14.3. The van der Waals surface area contributed by atoms with E-state index in [1.807, 2.05) is 13.0 Å². The second-order valence-corrected chi connectivity index (χ2v) is 6.18. The molecule has 4 heteroatoms. The molecule has 0 radical (unpaired) electrons. The number of rotatable bonds is 4. The number of anilines is 1. The molecule has 1 aliphatic heterocycles. The van der Waals surface area contributed by atoms with Crippen molar-refractivity contribution in [3.63, 3.8) is 0 Å². The monoisotopic (exact) mass is 277 g/mol. The third-order valence-corrected chi connectivity index (χ3v) is 4.31. The smallest absolute Gasteiger partial charge is 0.146 e. The lowest BCUT2D eigenvalue weighted by atomic mass is 10.0. The van der Waals surface area contributed by atoms with Crippen molar-refractivity contribution in [3.05, 3.63) is 29.6 Å². The van der Waals surface area contributed by atoms with Gasteiger partial charge in [0, 0.05) is 38.3 Å². The Hall–Kier alpha value is -1.13. The van der Waals surface area contributed by atoms with Crippen LogP contribution < -0.4 is 10.6 Å². The summed E-state index contributed by atoms with van der Waals surface area (Å²) in [6.07, 6.45) is 3.42. The highest BCUT2D eigenvalue weighted by molar-refractivity contribution is 5.55. The molecule has 1 aliphatic carbocycles. The summed E-state index contributed by atoms with van der Waals surface area (Å²) < 4.78 is 14.3. The second kappa shape index (κ2) is 5.70. The summed E-state index contributed by atoms with van der Waals surface area (Å²) in [7, 11) is 0. The minimum absolute atomic E-state index is 0.0586. The summed E-state index contributed by atoms with van der Waals surface area (Å²) in [4.78, 5) is 4.74. The largest absolute Gasteiger partial charge is 0.366 e. The van der Waals surface area contributed by atoms with Gasteiger partial charge in [-0.1, -0.05) is 12.1 Å². The van der Waals surface area contributed by atoms with E-state index in [1.54, 1.807) is 12.1 Å². The molecule has 3 nitrogen and oxygen atoms in total. The minimum atomic E-state index is -0.108. The van der Waals surface area contributed by atoms with Gasteiger partial charge in [-0.15, -0.1) is 0 Å². The van der Waals surface area contributed by atoms with Gasteiger partial charge < -0.3 is 10.6 Å². The highest BCUT2D eigenvalue weighted by Crippen LogP contribution is 2.30. The van der Waals surface area contributed by atoms with Crippen LogP contribution in [0.2, 0.25) is 0 Å². The van der Waals surface area contributed by atoms with Crippen molar-refractivity contribution < 1.29 is 4.39 Å². The minimum Gasteiger partial charge on any atom is -0.366 e. The second-order valence-electron chi connectivity index (χ2n) is 6.18. The van der Waals surface area contributed by atoms with Crippen molar-refractivity contribution >= 4 is 5.69 Å². The highest BCUT2D eigenvalue weighted by Gasteiger charge is 2.32. The van der Waals surface area contributed by atoms with Gasteiger partial charge in [-0.3, -0.25) is 4.90 Å². The quantitative estimate of drug-likeness (QED) is 0.913. The predicted octanol–water partition coefficient (Wildman–Crippen LogP) is 2.00. The van der Waals surface area contributed by atoms with E-state index in [0.717, 1.165) is 49.9 Å². The van der Waals surface area contributed by atoms with E-state index >= 15 is 0 Å². The molecular weight excluding hydrogens is 253 g/mol. The normalized spacial score (nSPS) is 22.1. The van der Waals surface area contributed by atoms with Crippen LogP contribution in [0.3, 0.4) is 0 Å². The molecule has 1 saturated carbocycles. The number of hydrogen-bond acceptors (Lipinski definition) is 3. The summed E-state index contributed by atoms with van der Waals surface area (Å²) in [5, 5.41) is 0. The molecule has 1 atom stereocenters. The van der Waals surface area contributed by atoms with E-state index in [1.165, 1.54) is 12.8 Å². The Labute approximate surface area is 120 Å². The zero-order valence-electron chi connectivity index (χ0n) is 12.2. The van der Waals surface area contributed by atoms with Gasteiger partial charge in [0.15, 0.2) is 0 Å². The fourth-order valence-electron chi connectivity index (χ4n) is 3.18. The van der Waals surface area contributed by atoms with Crippen molar-refractivity contribution in [1.82, 2.24) is 4.90 Å². The number of para-hydroxylation sites is 1. The van der Waals surface area contributed by atoms with Crippen molar-refractivity contribution in [3.8, 4) is 0 Å². The molecule has 0 aromatic heterocycles. The first-order valence-corrected chi connectivity index (χ1v) is 7.67. The summed E-state index contributed by atoms with van der Waals surface area (Å²) in [5.41, 5.74) is 7.71. The molecule has 1 aromatic carbocycles. The SMILES string of the molecule is CC(N)Cc1cccc(F)c1N1CCN(C2CC2)CC1. The maximum Gasteiger partial charge on any atom is 0.146 e. The number of nitrogens with two attached hydrogens (primary N) is 1. The Morgan fingerprint density at radius 1 is 1.25 bits per heavy atom. The molecule has 2 aliphatic rings. The molecule has 1 heterocycles. The molecule has 0 spiro atoms. The summed E-state index contributed by atoms with van der Waals surface area (Å²) in [5.74, 6) is -0.108. The number of piperazine rings is 1. The molecule has 2 N–H and O–H groups in total. The predicted molar refractivity (Wildman–Crippen MR) is 80.6 cm³/mol. The van der Waals surface area contributed by atoms with Crippen LogP contribution in [0.25, 0.3) is 0 Å². The van der Waals surface area contributed by atoms with Crippen molar-refractivity contribution in [2.24, 2.45) is 5.73 Å². The lowest BCUT2D eigenvalue weighted by Gasteiger charge is -2.37. The van der Waals surface area contributed by atoms with Gasteiger partial charge in [-0.2, -0.15) is 0 Å². The zero-order chi connectivity index (χ0) is 14.1. The summed E-state index contributed by atoms with van der Waals surface area (Å²) in [6.45, 7) is 5.92. The van der Waals surface area contributed by atoms with E-state index in [9.17, 15) is 4.39 Å². The van der Waals surface area contributed by atoms with Crippen molar-refractivity contribution in [1.29, 1.82) is 0 Å². The van der Waals surface area contributed by atoms with Gasteiger partial charge in [0.2, 0.25) is 0 Å². The first kappa shape index (κ1) is 13.8. The average molecular weight is 277 g/mol. The molecule has 0 bridgehead atoms. The van der Waals surface area contributed by atoms with E-state index in [4.69, 9.17) is 5.73 Å². The molecule has 1 aromatic rings. The van der Waals surface area contributed by atoms with E-state index in [0.29, 0.717) is 0 Å². The van der Waals surface area contributed by atoms with Crippen LogP contribution in [0.1, 0.15) is 25.3 Å². The molecule has 2 fully saturated rings. The van der Waals surface area contributed by atoms with Gasteiger partial charge in [0.1, 0.15) is 5.82 Å². The molecule has 3 rings (SSSR count). The molecule has 1 unspecified atom stereocenters. The fourth-order valence-corrected chi connectivity index (χ4v) is 3.18. The Kier molecular flexibility index (Phi) is 3.94. The van der Waals surface area contributed by atoms with Crippen LogP contribution in [0.5, 0.6) is 0 Å². The first-order chi connectivity index (χ1) is 9.65. The zero-order valence-corrected chi connectivity index (χ0v) is 12.2. The van der Waals surface area contributed by atoms with Gasteiger partial charge >= 0.3 is 0 Å². The topological polar surface area (TPSA) is 32.5 Å². The van der Waals surface area contributed by atoms with Crippen LogP contribution in [0.15, 0.2) is 18.2 Å². The van der Waals surface area contributed by atoms with Crippen LogP contribution in [-0.2, 0) is 6.42 Å². The molecule has 1 saturated heterocycles.